The Kier molecular flexibility index (Phi) is 3.75. The molecule has 0 unspecified atom stereocenters. The number of hydrogen-bond donors (Lipinski definition) is 2. The molecule has 2 atom stereocenters. The van der Waals surface area contributed by atoms with Crippen LogP contribution in [-0.4, -0.2) is 46.4 Å². The van der Waals surface area contributed by atoms with Gasteiger partial charge in [0.2, 0.25) is 0 Å². The number of amides is 1. The molecule has 19 heavy (non-hydrogen) atoms. The molecular formula is C12H17N3O3S. The normalized spacial score (nSPS) is 22.6. The fourth-order valence-corrected chi connectivity index (χ4v) is 3.14. The molecule has 1 aliphatic heterocycles. The molecule has 1 aromatic heterocycles. The molecule has 104 valence electrons. The summed E-state index contributed by atoms with van der Waals surface area (Å²) < 4.78 is 4.17. The Hall–Kier alpha value is -1.63. The van der Waals surface area contributed by atoms with Crippen LogP contribution in [0.5, 0.6) is 0 Å². The third-order valence-corrected chi connectivity index (χ3v) is 4.48. The largest absolute Gasteiger partial charge is 0.481 e. The molecule has 0 radical (unpaired) electrons. The van der Waals surface area contributed by atoms with Crippen molar-refractivity contribution in [2.24, 2.45) is 11.8 Å². The van der Waals surface area contributed by atoms with E-state index < -0.39 is 11.9 Å². The van der Waals surface area contributed by atoms with E-state index in [0.29, 0.717) is 17.8 Å². The summed E-state index contributed by atoms with van der Waals surface area (Å²) in [4.78, 5) is 25.2. The number of carboxylic acids is 1. The van der Waals surface area contributed by atoms with Crippen molar-refractivity contribution in [3.63, 3.8) is 0 Å². The standard InChI is InChI=1S/C12H17N3O3S/c1-6-4-15(5-8(6)12(17)18)11(16)9-7(2)14-19-10(9)13-3/h6,8,13H,4-5H2,1-3H3,(H,17,18)/t6-,8-/m1/s1. The Bertz CT molecular complexity index is 514. The number of carboxylic acid groups (broad SMARTS) is 1. The lowest BCUT2D eigenvalue weighted by Crippen LogP contribution is -2.30. The third-order valence-electron chi connectivity index (χ3n) is 3.52. The zero-order valence-electron chi connectivity index (χ0n) is 11.1. The van der Waals surface area contributed by atoms with Gasteiger partial charge < -0.3 is 15.3 Å². The monoisotopic (exact) mass is 283 g/mol. The van der Waals surface area contributed by atoms with E-state index in [1.54, 1.807) is 18.9 Å². The minimum absolute atomic E-state index is 0.0219. The predicted molar refractivity (Wildman–Crippen MR) is 72.6 cm³/mol. The second-order valence-corrected chi connectivity index (χ2v) is 5.63. The number of carbonyl (C=O) groups is 2. The van der Waals surface area contributed by atoms with Crippen LogP contribution in [0.25, 0.3) is 0 Å². The van der Waals surface area contributed by atoms with E-state index in [1.165, 1.54) is 11.5 Å². The van der Waals surface area contributed by atoms with Crippen molar-refractivity contribution >= 4 is 28.4 Å². The van der Waals surface area contributed by atoms with Crippen molar-refractivity contribution in [2.75, 3.05) is 25.5 Å². The van der Waals surface area contributed by atoms with Crippen LogP contribution in [0.4, 0.5) is 5.00 Å². The average Bonchev–Trinajstić information content (AvgIpc) is 2.91. The summed E-state index contributed by atoms with van der Waals surface area (Å²) in [6.07, 6.45) is 0. The molecule has 2 N–H and O–H groups in total. The number of aliphatic carboxylic acids is 1. The third kappa shape index (κ3) is 2.42. The quantitative estimate of drug-likeness (QED) is 0.873. The number of likely N-dealkylation sites (tertiary alicyclic amines) is 1. The number of rotatable bonds is 3. The molecule has 0 bridgehead atoms. The van der Waals surface area contributed by atoms with Gasteiger partial charge in [0, 0.05) is 20.1 Å². The number of hydrogen-bond acceptors (Lipinski definition) is 5. The minimum Gasteiger partial charge on any atom is -0.481 e. The van der Waals surface area contributed by atoms with Gasteiger partial charge in [-0.15, -0.1) is 0 Å². The predicted octanol–water partition coefficient (Wildman–Crippen LogP) is 1.29. The molecular weight excluding hydrogens is 266 g/mol. The van der Waals surface area contributed by atoms with Crippen molar-refractivity contribution in [1.29, 1.82) is 0 Å². The summed E-state index contributed by atoms with van der Waals surface area (Å²) in [5.41, 5.74) is 1.25. The van der Waals surface area contributed by atoms with Crippen molar-refractivity contribution in [2.45, 2.75) is 13.8 Å². The maximum Gasteiger partial charge on any atom is 0.308 e. The van der Waals surface area contributed by atoms with E-state index in [-0.39, 0.29) is 18.4 Å². The average molecular weight is 283 g/mol. The van der Waals surface area contributed by atoms with Crippen LogP contribution in [0.2, 0.25) is 0 Å². The summed E-state index contributed by atoms with van der Waals surface area (Å²) in [5.74, 6) is -1.47. The van der Waals surface area contributed by atoms with Crippen LogP contribution < -0.4 is 5.32 Å². The Morgan fingerprint density at radius 2 is 2.16 bits per heavy atom. The molecule has 1 aliphatic rings. The van der Waals surface area contributed by atoms with Gasteiger partial charge in [-0.05, 0) is 24.4 Å². The number of aromatic nitrogens is 1. The Morgan fingerprint density at radius 3 is 2.68 bits per heavy atom. The van der Waals surface area contributed by atoms with Gasteiger partial charge in [0.15, 0.2) is 0 Å². The Balaban J connectivity index is 2.22. The molecule has 1 amide bonds. The van der Waals surface area contributed by atoms with Gasteiger partial charge in [-0.2, -0.15) is 4.37 Å². The van der Waals surface area contributed by atoms with Crippen molar-refractivity contribution in [3.8, 4) is 0 Å². The van der Waals surface area contributed by atoms with Gasteiger partial charge in [0.1, 0.15) is 5.00 Å². The molecule has 0 saturated carbocycles. The van der Waals surface area contributed by atoms with Crippen molar-refractivity contribution in [3.05, 3.63) is 11.3 Å². The van der Waals surface area contributed by atoms with Crippen LogP contribution in [0.3, 0.4) is 0 Å². The van der Waals surface area contributed by atoms with Crippen molar-refractivity contribution in [1.82, 2.24) is 9.27 Å². The molecule has 2 rings (SSSR count). The number of nitrogens with one attached hydrogen (secondary N) is 1. The molecule has 1 saturated heterocycles. The molecule has 7 heteroatoms. The minimum atomic E-state index is -0.836. The van der Waals surface area contributed by atoms with E-state index in [4.69, 9.17) is 5.11 Å². The summed E-state index contributed by atoms with van der Waals surface area (Å²) in [6, 6.07) is 0. The zero-order chi connectivity index (χ0) is 14.2. The highest BCUT2D eigenvalue weighted by Gasteiger charge is 2.38. The highest BCUT2D eigenvalue weighted by Crippen LogP contribution is 2.29. The van der Waals surface area contributed by atoms with Gasteiger partial charge in [0.05, 0.1) is 17.2 Å². The molecule has 1 fully saturated rings. The molecule has 1 aromatic rings. The lowest BCUT2D eigenvalue weighted by atomic mass is 9.99. The van der Waals surface area contributed by atoms with Gasteiger partial charge in [0.25, 0.3) is 5.91 Å². The molecule has 2 heterocycles. The number of aryl methyl sites for hydroxylation is 1. The second-order valence-electron chi connectivity index (χ2n) is 4.85. The van der Waals surface area contributed by atoms with Crippen LogP contribution in [0, 0.1) is 18.8 Å². The SMILES string of the molecule is CNc1snc(C)c1C(=O)N1C[C@@H](C)[C@H](C(=O)O)C1. The van der Waals surface area contributed by atoms with Gasteiger partial charge in [-0.1, -0.05) is 6.92 Å². The smallest absolute Gasteiger partial charge is 0.308 e. The maximum atomic E-state index is 12.5. The molecule has 0 spiro atoms. The highest BCUT2D eigenvalue weighted by atomic mass is 32.1. The highest BCUT2D eigenvalue weighted by molar-refractivity contribution is 7.10. The van der Waals surface area contributed by atoms with E-state index in [9.17, 15) is 9.59 Å². The number of nitrogens with zero attached hydrogens (tertiary/aromatic N) is 2. The molecule has 0 aromatic carbocycles. The van der Waals surface area contributed by atoms with Gasteiger partial charge >= 0.3 is 5.97 Å². The number of carbonyl (C=O) groups excluding carboxylic acids is 1. The van der Waals surface area contributed by atoms with Gasteiger partial charge in [-0.25, -0.2) is 0 Å². The topological polar surface area (TPSA) is 82.5 Å². The first-order valence-corrected chi connectivity index (χ1v) is 6.89. The Labute approximate surface area is 115 Å². The fraction of sp³-hybridized carbons (Fsp3) is 0.583. The first-order valence-electron chi connectivity index (χ1n) is 6.11. The van der Waals surface area contributed by atoms with E-state index in [2.05, 4.69) is 9.69 Å². The molecule has 0 aliphatic carbocycles. The van der Waals surface area contributed by atoms with Crippen LogP contribution >= 0.6 is 11.5 Å². The number of anilines is 1. The maximum absolute atomic E-state index is 12.5. The van der Waals surface area contributed by atoms with Gasteiger partial charge in [-0.3, -0.25) is 9.59 Å². The van der Waals surface area contributed by atoms with Crippen LogP contribution in [-0.2, 0) is 4.79 Å². The first-order chi connectivity index (χ1) is 8.95. The van der Waals surface area contributed by atoms with Crippen LogP contribution in [0.15, 0.2) is 0 Å². The Morgan fingerprint density at radius 1 is 1.47 bits per heavy atom. The first kappa shape index (κ1) is 13.8. The van der Waals surface area contributed by atoms with Crippen molar-refractivity contribution < 1.29 is 14.7 Å². The van der Waals surface area contributed by atoms with Crippen LogP contribution in [0.1, 0.15) is 23.0 Å². The fourth-order valence-electron chi connectivity index (χ4n) is 2.40. The van der Waals surface area contributed by atoms with E-state index >= 15 is 0 Å². The lowest BCUT2D eigenvalue weighted by molar-refractivity contribution is -0.142. The van der Waals surface area contributed by atoms with E-state index in [1.807, 2.05) is 6.92 Å². The van der Waals surface area contributed by atoms with E-state index in [0.717, 1.165) is 5.00 Å². The second kappa shape index (κ2) is 5.16. The molecule has 6 nitrogen and oxygen atoms in total. The summed E-state index contributed by atoms with van der Waals surface area (Å²) in [5, 5.41) is 12.8. The summed E-state index contributed by atoms with van der Waals surface area (Å²) in [6.45, 7) is 4.41. The lowest BCUT2D eigenvalue weighted by Gasteiger charge is -2.16. The summed E-state index contributed by atoms with van der Waals surface area (Å²) in [7, 11) is 1.75. The summed E-state index contributed by atoms with van der Waals surface area (Å²) >= 11 is 1.25. The zero-order valence-corrected chi connectivity index (χ0v) is 12.0.